The summed E-state index contributed by atoms with van der Waals surface area (Å²) in [4.78, 5) is 0. The van der Waals surface area contributed by atoms with Gasteiger partial charge < -0.3 is 5.73 Å². The van der Waals surface area contributed by atoms with Gasteiger partial charge in [0, 0.05) is 5.56 Å². The Labute approximate surface area is 139 Å². The molecule has 120 valence electrons. The van der Waals surface area contributed by atoms with Crippen LogP contribution >= 0.6 is 23.2 Å². The number of rotatable bonds is 2. The Balaban J connectivity index is 2.12. The fourth-order valence-corrected chi connectivity index (χ4v) is 3.05. The first kappa shape index (κ1) is 16.0. The van der Waals surface area contributed by atoms with Crippen LogP contribution in [-0.4, -0.2) is 9.78 Å². The molecule has 0 radical (unpaired) electrons. The smallest absolute Gasteiger partial charge is 0.383 e. The van der Waals surface area contributed by atoms with Crippen LogP contribution in [-0.2, 0) is 11.6 Å². The summed E-state index contributed by atoms with van der Waals surface area (Å²) >= 11 is 11.9. The van der Waals surface area contributed by atoms with Crippen LogP contribution in [0.3, 0.4) is 0 Å². The number of nitriles is 1. The van der Waals surface area contributed by atoms with Crippen molar-refractivity contribution >= 4 is 29.0 Å². The lowest BCUT2D eigenvalue weighted by molar-refractivity contribution is -0.137. The van der Waals surface area contributed by atoms with Crippen LogP contribution in [0.25, 0.3) is 5.69 Å². The van der Waals surface area contributed by atoms with E-state index >= 15 is 0 Å². The Morgan fingerprint density at radius 3 is 2.26 bits per heavy atom. The van der Waals surface area contributed by atoms with Crippen LogP contribution in [0.2, 0.25) is 10.0 Å². The highest BCUT2D eigenvalue weighted by atomic mass is 35.5. The SMILES string of the molecule is N#CC1(c2cnn(-c3c(Cl)cc(C(F)(F)F)cc3Cl)c2N)CC1. The molecular weight excluding hydrogens is 352 g/mol. The predicted octanol–water partition coefficient (Wildman–Crippen LogP) is 4.34. The normalized spacial score (nSPS) is 16.2. The van der Waals surface area contributed by atoms with Crippen LogP contribution in [0.1, 0.15) is 24.0 Å². The van der Waals surface area contributed by atoms with Gasteiger partial charge in [-0.15, -0.1) is 0 Å². The Morgan fingerprint density at radius 1 is 1.26 bits per heavy atom. The van der Waals surface area contributed by atoms with Gasteiger partial charge in [0.15, 0.2) is 0 Å². The average Bonchev–Trinajstić information content (AvgIpc) is 3.16. The van der Waals surface area contributed by atoms with E-state index in [0.717, 1.165) is 16.8 Å². The van der Waals surface area contributed by atoms with Crippen LogP contribution < -0.4 is 5.73 Å². The van der Waals surface area contributed by atoms with Crippen molar-refractivity contribution in [1.29, 1.82) is 5.26 Å². The lowest BCUT2D eigenvalue weighted by Crippen LogP contribution is -2.10. The Morgan fingerprint density at radius 2 is 1.83 bits per heavy atom. The molecule has 1 aliphatic carbocycles. The molecule has 1 aliphatic rings. The third kappa shape index (κ3) is 2.52. The second-order valence-electron chi connectivity index (χ2n) is 5.34. The molecular formula is C14H9Cl2F3N4. The average molecular weight is 361 g/mol. The van der Waals surface area contributed by atoms with Crippen molar-refractivity contribution in [1.82, 2.24) is 9.78 Å². The molecule has 4 nitrogen and oxygen atoms in total. The highest BCUT2D eigenvalue weighted by Gasteiger charge is 2.47. The zero-order valence-corrected chi connectivity index (χ0v) is 13.0. The number of nitrogen functional groups attached to an aromatic ring is 1. The van der Waals surface area contributed by atoms with E-state index in [1.54, 1.807) is 0 Å². The van der Waals surface area contributed by atoms with Crippen LogP contribution in [0.4, 0.5) is 19.0 Å². The number of nitrogens with two attached hydrogens (primary N) is 1. The summed E-state index contributed by atoms with van der Waals surface area (Å²) in [6, 6.07) is 3.71. The molecule has 3 rings (SSSR count). The van der Waals surface area contributed by atoms with Crippen LogP contribution in [0.15, 0.2) is 18.3 Å². The number of hydrogen-bond donors (Lipinski definition) is 1. The molecule has 1 saturated carbocycles. The van der Waals surface area contributed by atoms with Gasteiger partial charge in [0.2, 0.25) is 0 Å². The molecule has 0 spiro atoms. The number of anilines is 1. The van der Waals surface area contributed by atoms with Crippen molar-refractivity contribution in [3.05, 3.63) is 39.5 Å². The van der Waals surface area contributed by atoms with Crippen molar-refractivity contribution in [2.24, 2.45) is 0 Å². The minimum Gasteiger partial charge on any atom is -0.383 e. The van der Waals surface area contributed by atoms with Gasteiger partial charge in [0.25, 0.3) is 0 Å². The molecule has 2 N–H and O–H groups in total. The summed E-state index contributed by atoms with van der Waals surface area (Å²) in [7, 11) is 0. The molecule has 1 heterocycles. The van der Waals surface area contributed by atoms with Crippen LogP contribution in [0, 0.1) is 11.3 Å². The Hall–Kier alpha value is -1.91. The molecule has 9 heteroatoms. The maximum Gasteiger partial charge on any atom is 0.416 e. The summed E-state index contributed by atoms with van der Waals surface area (Å²) in [5.41, 5.74) is 4.96. The molecule has 1 aromatic heterocycles. The van der Waals surface area contributed by atoms with Gasteiger partial charge in [-0.1, -0.05) is 23.2 Å². The van der Waals surface area contributed by atoms with E-state index in [1.807, 2.05) is 0 Å². The molecule has 0 aliphatic heterocycles. The maximum atomic E-state index is 12.8. The van der Waals surface area contributed by atoms with Crippen molar-refractivity contribution in [2.45, 2.75) is 24.4 Å². The topological polar surface area (TPSA) is 67.6 Å². The number of alkyl halides is 3. The van der Waals surface area contributed by atoms with Crippen molar-refractivity contribution < 1.29 is 13.2 Å². The number of hydrogen-bond acceptors (Lipinski definition) is 3. The molecule has 0 amide bonds. The van der Waals surface area contributed by atoms with Crippen molar-refractivity contribution in [2.75, 3.05) is 5.73 Å². The quantitative estimate of drug-likeness (QED) is 0.866. The molecule has 0 saturated heterocycles. The zero-order chi connectivity index (χ0) is 17.0. The van der Waals surface area contributed by atoms with E-state index in [1.165, 1.54) is 6.20 Å². The van der Waals surface area contributed by atoms with E-state index in [-0.39, 0.29) is 21.6 Å². The van der Waals surface area contributed by atoms with Crippen molar-refractivity contribution in [3.63, 3.8) is 0 Å². The number of nitrogens with zero attached hydrogens (tertiary/aromatic N) is 3. The molecule has 0 unspecified atom stereocenters. The van der Waals surface area contributed by atoms with Gasteiger partial charge in [-0.25, -0.2) is 4.68 Å². The summed E-state index contributed by atoms with van der Waals surface area (Å²) in [6.45, 7) is 0. The third-order valence-corrected chi connectivity index (χ3v) is 4.42. The molecule has 0 bridgehead atoms. The monoisotopic (exact) mass is 360 g/mol. The second-order valence-corrected chi connectivity index (χ2v) is 6.15. The molecule has 23 heavy (non-hydrogen) atoms. The van der Waals surface area contributed by atoms with E-state index < -0.39 is 17.2 Å². The first-order valence-corrected chi connectivity index (χ1v) is 7.27. The minimum absolute atomic E-state index is 0.0545. The molecule has 2 aromatic rings. The summed E-state index contributed by atoms with van der Waals surface area (Å²) in [5, 5.41) is 12.8. The highest BCUT2D eigenvalue weighted by molar-refractivity contribution is 6.38. The fraction of sp³-hybridized carbons (Fsp3) is 0.286. The molecule has 1 aromatic carbocycles. The Kier molecular flexibility index (Phi) is 3.50. The maximum absolute atomic E-state index is 12.8. The number of benzene rings is 1. The van der Waals surface area contributed by atoms with E-state index in [4.69, 9.17) is 28.9 Å². The highest BCUT2D eigenvalue weighted by Crippen LogP contribution is 2.50. The fourth-order valence-electron chi connectivity index (χ4n) is 2.40. The minimum atomic E-state index is -4.56. The van der Waals surface area contributed by atoms with E-state index in [0.29, 0.717) is 18.4 Å². The lowest BCUT2D eigenvalue weighted by atomic mass is 10.0. The zero-order valence-electron chi connectivity index (χ0n) is 11.5. The van der Waals surface area contributed by atoms with Gasteiger partial charge in [-0.2, -0.15) is 23.5 Å². The summed E-state index contributed by atoms with van der Waals surface area (Å²) in [5.74, 6) is 0.146. The van der Waals surface area contributed by atoms with Gasteiger partial charge in [0.1, 0.15) is 11.5 Å². The van der Waals surface area contributed by atoms with Gasteiger partial charge in [-0.3, -0.25) is 0 Å². The van der Waals surface area contributed by atoms with Gasteiger partial charge >= 0.3 is 6.18 Å². The number of halogens is 5. The second kappa shape index (κ2) is 5.05. The molecule has 0 atom stereocenters. The lowest BCUT2D eigenvalue weighted by Gasteiger charge is -2.14. The predicted molar refractivity (Wildman–Crippen MR) is 79.5 cm³/mol. The summed E-state index contributed by atoms with van der Waals surface area (Å²) in [6.07, 6.45) is -1.82. The van der Waals surface area contributed by atoms with Crippen LogP contribution in [0.5, 0.6) is 0 Å². The van der Waals surface area contributed by atoms with Gasteiger partial charge in [-0.05, 0) is 25.0 Å². The first-order valence-electron chi connectivity index (χ1n) is 6.51. The van der Waals surface area contributed by atoms with Gasteiger partial charge in [0.05, 0.1) is 33.3 Å². The van der Waals surface area contributed by atoms with E-state index in [2.05, 4.69) is 11.2 Å². The standard InChI is InChI=1S/C14H9Cl2F3N4/c15-9-3-7(14(17,18)19)4-10(16)11(9)23-12(21)8(5-22-23)13(6-20)1-2-13/h3-5H,1-2,21H2. The Bertz CT molecular complexity index is 809. The van der Waals surface area contributed by atoms with Crippen molar-refractivity contribution in [3.8, 4) is 11.8 Å². The summed E-state index contributed by atoms with van der Waals surface area (Å²) < 4.78 is 39.5. The molecule has 1 fully saturated rings. The largest absolute Gasteiger partial charge is 0.416 e. The first-order chi connectivity index (χ1) is 10.7. The third-order valence-electron chi connectivity index (χ3n) is 3.84. The number of aromatic nitrogens is 2. The van der Waals surface area contributed by atoms with E-state index in [9.17, 15) is 18.4 Å².